The summed E-state index contributed by atoms with van der Waals surface area (Å²) in [6.07, 6.45) is -0.265. The number of benzene rings is 1. The maximum Gasteiger partial charge on any atom is 0.109 e. The van der Waals surface area contributed by atoms with Gasteiger partial charge < -0.3 is 15.9 Å². The highest BCUT2D eigenvalue weighted by molar-refractivity contribution is 5.33. The van der Waals surface area contributed by atoms with Crippen LogP contribution in [0.4, 0.5) is 0 Å². The Labute approximate surface area is 105 Å². The van der Waals surface area contributed by atoms with Crippen LogP contribution in [-0.2, 0) is 0 Å². The average Bonchev–Trinajstić information content (AvgIpc) is 2.80. The monoisotopic (exact) mass is 247 g/mol. The van der Waals surface area contributed by atoms with Crippen molar-refractivity contribution >= 4 is 0 Å². The highest BCUT2D eigenvalue weighted by Gasteiger charge is 2.21. The van der Waals surface area contributed by atoms with Gasteiger partial charge in [0.2, 0.25) is 0 Å². The Morgan fingerprint density at radius 1 is 1.28 bits per heavy atom. The van der Waals surface area contributed by atoms with Crippen LogP contribution in [0.2, 0.25) is 0 Å². The largest absolute Gasteiger partial charge is 0.389 e. The molecule has 0 aliphatic carbocycles. The van der Waals surface area contributed by atoms with Crippen LogP contribution in [0.25, 0.3) is 5.69 Å². The second kappa shape index (κ2) is 5.30. The summed E-state index contributed by atoms with van der Waals surface area (Å²) in [5, 5.41) is 23.8. The molecule has 0 aliphatic heterocycles. The van der Waals surface area contributed by atoms with Gasteiger partial charge in [-0.1, -0.05) is 18.2 Å². The summed E-state index contributed by atoms with van der Waals surface area (Å²) in [6, 6.07) is 9.59. The first kappa shape index (κ1) is 12.8. The average molecular weight is 247 g/mol. The smallest absolute Gasteiger partial charge is 0.109 e. The van der Waals surface area contributed by atoms with Gasteiger partial charge in [-0.15, -0.1) is 0 Å². The zero-order valence-corrected chi connectivity index (χ0v) is 10.2. The van der Waals surface area contributed by atoms with Gasteiger partial charge in [0.15, 0.2) is 0 Å². The first-order valence-electron chi connectivity index (χ1n) is 5.81. The fourth-order valence-corrected chi connectivity index (χ4v) is 1.81. The van der Waals surface area contributed by atoms with E-state index in [0.717, 1.165) is 5.69 Å². The third-order valence-corrected chi connectivity index (χ3v) is 2.88. The molecule has 1 aromatic carbocycles. The molecule has 0 aliphatic rings. The van der Waals surface area contributed by atoms with Crippen molar-refractivity contribution in [3.8, 4) is 5.69 Å². The fourth-order valence-electron chi connectivity index (χ4n) is 1.81. The predicted molar refractivity (Wildman–Crippen MR) is 68.3 cm³/mol. The Balaban J connectivity index is 2.33. The molecule has 2 unspecified atom stereocenters. The number of para-hydroxylation sites is 1. The van der Waals surface area contributed by atoms with Crippen molar-refractivity contribution in [2.75, 3.05) is 6.54 Å². The summed E-state index contributed by atoms with van der Waals surface area (Å²) in [5.41, 5.74) is 7.52. The lowest BCUT2D eigenvalue weighted by Crippen LogP contribution is -2.27. The van der Waals surface area contributed by atoms with E-state index in [2.05, 4.69) is 5.10 Å². The molecule has 4 N–H and O–H groups in total. The molecule has 2 aromatic rings. The number of nitrogens with two attached hydrogens (primary N) is 1. The molecule has 0 saturated heterocycles. The highest BCUT2D eigenvalue weighted by atomic mass is 16.3. The van der Waals surface area contributed by atoms with Gasteiger partial charge in [0.25, 0.3) is 0 Å². The van der Waals surface area contributed by atoms with E-state index in [1.54, 1.807) is 17.8 Å². The molecule has 0 bridgehead atoms. The van der Waals surface area contributed by atoms with Crippen molar-refractivity contribution < 1.29 is 10.2 Å². The maximum atomic E-state index is 9.95. The number of rotatable bonds is 4. The third kappa shape index (κ3) is 2.43. The van der Waals surface area contributed by atoms with Crippen LogP contribution in [0, 0.1) is 6.92 Å². The van der Waals surface area contributed by atoms with Crippen molar-refractivity contribution in [1.29, 1.82) is 0 Å². The van der Waals surface area contributed by atoms with Crippen LogP contribution in [-0.4, -0.2) is 32.6 Å². The molecule has 2 rings (SSSR count). The topological polar surface area (TPSA) is 84.3 Å². The van der Waals surface area contributed by atoms with Crippen LogP contribution in [0.15, 0.2) is 36.5 Å². The normalized spacial score (nSPS) is 14.4. The lowest BCUT2D eigenvalue weighted by atomic mass is 10.1. The number of aromatic nitrogens is 2. The van der Waals surface area contributed by atoms with Gasteiger partial charge in [0.1, 0.15) is 6.10 Å². The molecule has 0 saturated carbocycles. The second-order valence-electron chi connectivity index (χ2n) is 4.20. The van der Waals surface area contributed by atoms with E-state index in [-0.39, 0.29) is 6.54 Å². The zero-order chi connectivity index (χ0) is 13.1. The SMILES string of the molecule is Cc1nn(-c2ccccc2)cc1C(O)C(O)CN. The number of aliphatic hydroxyl groups excluding tert-OH is 2. The minimum absolute atomic E-state index is 0.0110. The number of hydrogen-bond donors (Lipinski definition) is 3. The molecule has 0 spiro atoms. The molecule has 1 heterocycles. The maximum absolute atomic E-state index is 9.95. The van der Waals surface area contributed by atoms with E-state index in [9.17, 15) is 10.2 Å². The Morgan fingerprint density at radius 3 is 2.56 bits per heavy atom. The summed E-state index contributed by atoms with van der Waals surface area (Å²) in [6.45, 7) is 1.80. The van der Waals surface area contributed by atoms with Gasteiger partial charge in [-0.3, -0.25) is 0 Å². The molecule has 18 heavy (non-hydrogen) atoms. The quantitative estimate of drug-likeness (QED) is 0.736. The summed E-state index contributed by atoms with van der Waals surface area (Å²) in [4.78, 5) is 0. The Hall–Kier alpha value is -1.69. The van der Waals surface area contributed by atoms with Gasteiger partial charge in [-0.05, 0) is 19.1 Å². The lowest BCUT2D eigenvalue weighted by molar-refractivity contribution is 0.0239. The lowest BCUT2D eigenvalue weighted by Gasteiger charge is -2.14. The molecular weight excluding hydrogens is 230 g/mol. The molecule has 0 amide bonds. The standard InChI is InChI=1S/C13H17N3O2/c1-9-11(13(18)12(17)7-14)8-16(15-9)10-5-3-2-4-6-10/h2-6,8,12-13,17-18H,7,14H2,1H3. The molecule has 96 valence electrons. The summed E-state index contributed by atoms with van der Waals surface area (Å²) >= 11 is 0. The van der Waals surface area contributed by atoms with Crippen LogP contribution >= 0.6 is 0 Å². The number of nitrogens with zero attached hydrogens (tertiary/aromatic N) is 2. The fraction of sp³-hybridized carbons (Fsp3) is 0.308. The van der Waals surface area contributed by atoms with Crippen LogP contribution in [0.5, 0.6) is 0 Å². The van der Waals surface area contributed by atoms with Crippen molar-refractivity contribution in [3.63, 3.8) is 0 Å². The van der Waals surface area contributed by atoms with Gasteiger partial charge in [-0.25, -0.2) is 4.68 Å². The van der Waals surface area contributed by atoms with E-state index >= 15 is 0 Å². The minimum atomic E-state index is -1.01. The first-order valence-corrected chi connectivity index (χ1v) is 5.81. The molecule has 1 aromatic heterocycles. The van der Waals surface area contributed by atoms with Crippen LogP contribution in [0.3, 0.4) is 0 Å². The van der Waals surface area contributed by atoms with E-state index < -0.39 is 12.2 Å². The predicted octanol–water partition coefficient (Wildman–Crippen LogP) is 0.534. The molecule has 5 heteroatoms. The summed E-state index contributed by atoms with van der Waals surface area (Å²) in [5.74, 6) is 0. The molecule has 5 nitrogen and oxygen atoms in total. The van der Waals surface area contributed by atoms with Crippen molar-refractivity contribution in [2.24, 2.45) is 5.73 Å². The molecule has 0 radical (unpaired) electrons. The third-order valence-electron chi connectivity index (χ3n) is 2.88. The number of hydrogen-bond acceptors (Lipinski definition) is 4. The van der Waals surface area contributed by atoms with E-state index in [1.165, 1.54) is 0 Å². The Morgan fingerprint density at radius 2 is 1.94 bits per heavy atom. The molecule has 0 fully saturated rings. The van der Waals surface area contributed by atoms with Gasteiger partial charge in [-0.2, -0.15) is 5.10 Å². The second-order valence-corrected chi connectivity index (χ2v) is 4.20. The zero-order valence-electron chi connectivity index (χ0n) is 10.2. The molecule has 2 atom stereocenters. The van der Waals surface area contributed by atoms with Gasteiger partial charge >= 0.3 is 0 Å². The van der Waals surface area contributed by atoms with Crippen LogP contribution < -0.4 is 5.73 Å². The van der Waals surface area contributed by atoms with E-state index in [0.29, 0.717) is 11.3 Å². The number of aryl methyl sites for hydroxylation is 1. The highest BCUT2D eigenvalue weighted by Crippen LogP contribution is 2.21. The van der Waals surface area contributed by atoms with Crippen molar-refractivity contribution in [3.05, 3.63) is 47.8 Å². The Bertz CT molecular complexity index is 510. The molecular formula is C13H17N3O2. The van der Waals surface area contributed by atoms with Gasteiger partial charge in [0.05, 0.1) is 17.5 Å². The van der Waals surface area contributed by atoms with Gasteiger partial charge in [0, 0.05) is 18.3 Å². The summed E-state index contributed by atoms with van der Waals surface area (Å²) < 4.78 is 1.68. The summed E-state index contributed by atoms with van der Waals surface area (Å²) in [7, 11) is 0. The van der Waals surface area contributed by atoms with Crippen molar-refractivity contribution in [1.82, 2.24) is 9.78 Å². The van der Waals surface area contributed by atoms with Crippen molar-refractivity contribution in [2.45, 2.75) is 19.1 Å². The van der Waals surface area contributed by atoms with E-state index in [1.807, 2.05) is 30.3 Å². The minimum Gasteiger partial charge on any atom is -0.389 e. The first-order chi connectivity index (χ1) is 8.63. The number of aliphatic hydroxyl groups is 2. The van der Waals surface area contributed by atoms with Crippen LogP contribution in [0.1, 0.15) is 17.4 Å². The van der Waals surface area contributed by atoms with E-state index in [4.69, 9.17) is 5.73 Å². The Kier molecular flexibility index (Phi) is 3.76.